The molecule has 1 aromatic rings. The smallest absolute Gasteiger partial charge is 0.321 e. The fourth-order valence-electron chi connectivity index (χ4n) is 2.49. The van der Waals surface area contributed by atoms with Crippen molar-refractivity contribution in [3.63, 3.8) is 0 Å². The van der Waals surface area contributed by atoms with Crippen molar-refractivity contribution >= 4 is 40.9 Å². The van der Waals surface area contributed by atoms with E-state index in [1.54, 1.807) is 23.1 Å². The summed E-state index contributed by atoms with van der Waals surface area (Å²) in [5.74, 6) is -0.825. The molecule has 2 rings (SSSR count). The van der Waals surface area contributed by atoms with Crippen molar-refractivity contribution in [3.05, 3.63) is 28.2 Å². The van der Waals surface area contributed by atoms with E-state index in [0.717, 1.165) is 12.8 Å². The van der Waals surface area contributed by atoms with Crippen molar-refractivity contribution in [2.24, 2.45) is 5.92 Å². The van der Waals surface area contributed by atoms with E-state index in [0.29, 0.717) is 28.8 Å². The molecule has 1 heterocycles. The minimum Gasteiger partial charge on any atom is -0.481 e. The number of aliphatic carboxylic acids is 1. The molecule has 0 radical (unpaired) electrons. The standard InChI is InChI=1S/C14H16Cl2N2O3/c15-10-5-11(16)7-12(6-10)17-14(21)18-3-1-2-9(8-18)4-13(19)20/h5-7,9H,1-4,8H2,(H,17,21)(H,19,20). The Bertz CT molecular complexity index is 531. The normalized spacial score (nSPS) is 18.4. The van der Waals surface area contributed by atoms with Gasteiger partial charge in [0.25, 0.3) is 0 Å². The van der Waals surface area contributed by atoms with Crippen molar-refractivity contribution in [2.75, 3.05) is 18.4 Å². The van der Waals surface area contributed by atoms with Gasteiger partial charge >= 0.3 is 12.0 Å². The molecular formula is C14H16Cl2N2O3. The van der Waals surface area contributed by atoms with Gasteiger partial charge in [0.1, 0.15) is 0 Å². The number of nitrogens with zero attached hydrogens (tertiary/aromatic N) is 1. The number of nitrogens with one attached hydrogen (secondary N) is 1. The number of carbonyl (C=O) groups excluding carboxylic acids is 1. The molecule has 2 N–H and O–H groups in total. The third kappa shape index (κ3) is 4.79. The molecule has 1 saturated heterocycles. The Kier molecular flexibility index (Phi) is 5.31. The Balaban J connectivity index is 1.97. The van der Waals surface area contributed by atoms with Crippen LogP contribution in [0, 0.1) is 5.92 Å². The van der Waals surface area contributed by atoms with Crippen LogP contribution < -0.4 is 5.32 Å². The van der Waals surface area contributed by atoms with Crippen LogP contribution in [0.3, 0.4) is 0 Å². The predicted molar refractivity (Wildman–Crippen MR) is 82.0 cm³/mol. The molecule has 0 aromatic heterocycles. The number of rotatable bonds is 3. The molecule has 1 aliphatic heterocycles. The molecule has 1 atom stereocenters. The van der Waals surface area contributed by atoms with Crippen LogP contribution in [0.4, 0.5) is 10.5 Å². The molecule has 5 nitrogen and oxygen atoms in total. The highest BCUT2D eigenvalue weighted by Gasteiger charge is 2.25. The van der Waals surface area contributed by atoms with Gasteiger partial charge in [-0.3, -0.25) is 4.79 Å². The van der Waals surface area contributed by atoms with Crippen molar-refractivity contribution in [1.29, 1.82) is 0 Å². The summed E-state index contributed by atoms with van der Waals surface area (Å²) in [5, 5.41) is 12.5. The lowest BCUT2D eigenvalue weighted by molar-refractivity contribution is -0.138. The van der Waals surface area contributed by atoms with Crippen LogP contribution in [0.1, 0.15) is 19.3 Å². The maximum atomic E-state index is 12.2. The van der Waals surface area contributed by atoms with Crippen LogP contribution in [0.25, 0.3) is 0 Å². The number of piperidine rings is 1. The van der Waals surface area contributed by atoms with Crippen LogP contribution in [-0.4, -0.2) is 35.1 Å². The molecular weight excluding hydrogens is 315 g/mol. The molecule has 1 unspecified atom stereocenters. The Morgan fingerprint density at radius 3 is 2.57 bits per heavy atom. The summed E-state index contributed by atoms with van der Waals surface area (Å²) in [6.07, 6.45) is 1.73. The van der Waals surface area contributed by atoms with E-state index >= 15 is 0 Å². The van der Waals surface area contributed by atoms with Gasteiger partial charge in [0.05, 0.1) is 0 Å². The molecule has 0 spiro atoms. The molecule has 0 bridgehead atoms. The fourth-order valence-corrected chi connectivity index (χ4v) is 3.02. The van der Waals surface area contributed by atoms with E-state index in [4.69, 9.17) is 28.3 Å². The topological polar surface area (TPSA) is 69.6 Å². The van der Waals surface area contributed by atoms with Gasteiger partial charge in [0.2, 0.25) is 0 Å². The molecule has 1 aliphatic rings. The molecule has 0 saturated carbocycles. The largest absolute Gasteiger partial charge is 0.481 e. The quantitative estimate of drug-likeness (QED) is 0.887. The van der Waals surface area contributed by atoms with E-state index in [1.807, 2.05) is 0 Å². The van der Waals surface area contributed by atoms with E-state index in [1.165, 1.54) is 0 Å². The molecule has 1 fully saturated rings. The number of likely N-dealkylation sites (tertiary alicyclic amines) is 1. The summed E-state index contributed by atoms with van der Waals surface area (Å²) in [6, 6.07) is 4.56. The van der Waals surface area contributed by atoms with Gasteiger partial charge in [-0.1, -0.05) is 23.2 Å². The van der Waals surface area contributed by atoms with E-state index in [9.17, 15) is 9.59 Å². The SMILES string of the molecule is O=C(O)CC1CCCN(C(=O)Nc2cc(Cl)cc(Cl)c2)C1. The van der Waals surface area contributed by atoms with Crippen LogP contribution in [0.15, 0.2) is 18.2 Å². The maximum absolute atomic E-state index is 12.2. The average Bonchev–Trinajstić information content (AvgIpc) is 2.36. The zero-order valence-corrected chi connectivity index (χ0v) is 12.8. The number of anilines is 1. The van der Waals surface area contributed by atoms with Gasteiger partial charge in [0.15, 0.2) is 0 Å². The summed E-state index contributed by atoms with van der Waals surface area (Å²) in [6.45, 7) is 1.07. The van der Waals surface area contributed by atoms with Gasteiger partial charge in [0, 0.05) is 35.2 Å². The number of halogens is 2. The van der Waals surface area contributed by atoms with Crippen molar-refractivity contribution in [1.82, 2.24) is 4.90 Å². The summed E-state index contributed by atoms with van der Waals surface area (Å²) in [5.41, 5.74) is 0.526. The average molecular weight is 331 g/mol. The second-order valence-corrected chi connectivity index (χ2v) is 6.01. The van der Waals surface area contributed by atoms with Gasteiger partial charge in [-0.15, -0.1) is 0 Å². The number of carboxylic acid groups (broad SMARTS) is 1. The maximum Gasteiger partial charge on any atom is 0.321 e. The highest BCUT2D eigenvalue weighted by atomic mass is 35.5. The summed E-state index contributed by atoms with van der Waals surface area (Å²) in [4.78, 5) is 24.6. The number of benzene rings is 1. The first-order chi connectivity index (χ1) is 9.94. The molecule has 114 valence electrons. The fraction of sp³-hybridized carbons (Fsp3) is 0.429. The number of carbonyl (C=O) groups is 2. The summed E-state index contributed by atoms with van der Waals surface area (Å²) >= 11 is 11.8. The summed E-state index contributed by atoms with van der Waals surface area (Å²) < 4.78 is 0. The highest BCUT2D eigenvalue weighted by Crippen LogP contribution is 2.24. The zero-order chi connectivity index (χ0) is 15.4. The molecule has 1 aromatic carbocycles. The lowest BCUT2D eigenvalue weighted by Gasteiger charge is -2.32. The second kappa shape index (κ2) is 7.00. The van der Waals surface area contributed by atoms with Gasteiger partial charge < -0.3 is 15.3 Å². The van der Waals surface area contributed by atoms with Crippen molar-refractivity contribution in [3.8, 4) is 0 Å². The Morgan fingerprint density at radius 2 is 1.95 bits per heavy atom. The summed E-state index contributed by atoms with van der Waals surface area (Å²) in [7, 11) is 0. The molecule has 7 heteroatoms. The first-order valence-electron chi connectivity index (χ1n) is 6.68. The zero-order valence-electron chi connectivity index (χ0n) is 11.3. The minimum atomic E-state index is -0.830. The van der Waals surface area contributed by atoms with E-state index in [2.05, 4.69) is 5.32 Å². The Morgan fingerprint density at radius 1 is 1.29 bits per heavy atom. The van der Waals surface area contributed by atoms with Crippen molar-refractivity contribution in [2.45, 2.75) is 19.3 Å². The number of urea groups is 1. The lowest BCUT2D eigenvalue weighted by atomic mass is 9.95. The van der Waals surface area contributed by atoms with Gasteiger partial charge in [-0.05, 0) is 37.0 Å². The molecule has 2 amide bonds. The third-order valence-electron chi connectivity index (χ3n) is 3.38. The third-order valence-corrected chi connectivity index (χ3v) is 3.82. The van der Waals surface area contributed by atoms with Gasteiger partial charge in [-0.25, -0.2) is 4.79 Å². The highest BCUT2D eigenvalue weighted by molar-refractivity contribution is 6.35. The Labute approximate surface area is 132 Å². The first kappa shape index (κ1) is 15.9. The Hall–Kier alpha value is -1.46. The minimum absolute atomic E-state index is 0.00458. The molecule has 21 heavy (non-hydrogen) atoms. The number of hydrogen-bond donors (Lipinski definition) is 2. The first-order valence-corrected chi connectivity index (χ1v) is 7.43. The van der Waals surface area contributed by atoms with Crippen LogP contribution in [-0.2, 0) is 4.79 Å². The van der Waals surface area contributed by atoms with Crippen LogP contribution in [0.5, 0.6) is 0 Å². The predicted octanol–water partition coefficient (Wildman–Crippen LogP) is 3.71. The van der Waals surface area contributed by atoms with Gasteiger partial charge in [-0.2, -0.15) is 0 Å². The number of amides is 2. The molecule has 0 aliphatic carbocycles. The van der Waals surface area contributed by atoms with Crippen LogP contribution >= 0.6 is 23.2 Å². The van der Waals surface area contributed by atoms with Crippen molar-refractivity contribution < 1.29 is 14.7 Å². The monoisotopic (exact) mass is 330 g/mol. The number of hydrogen-bond acceptors (Lipinski definition) is 2. The van der Waals surface area contributed by atoms with E-state index < -0.39 is 5.97 Å². The lowest BCUT2D eigenvalue weighted by Crippen LogP contribution is -2.42. The van der Waals surface area contributed by atoms with E-state index in [-0.39, 0.29) is 18.4 Å². The second-order valence-electron chi connectivity index (χ2n) is 5.14. The number of carboxylic acids is 1. The van der Waals surface area contributed by atoms with Crippen LogP contribution in [0.2, 0.25) is 10.0 Å².